The smallest absolute Gasteiger partial charge is 0.256 e. The van der Waals surface area contributed by atoms with Gasteiger partial charge in [-0.3, -0.25) is 9.59 Å². The SMILES string of the molecule is Cl.O=C(NCC1CNC1)C1CCCN1C(=O)c1cc(Cl)ccc1Cl. The number of halogens is 3. The number of hydrogen-bond donors (Lipinski definition) is 2. The van der Waals surface area contributed by atoms with E-state index in [1.54, 1.807) is 23.1 Å². The molecule has 2 fully saturated rings. The largest absolute Gasteiger partial charge is 0.354 e. The maximum absolute atomic E-state index is 12.7. The molecule has 1 unspecified atom stereocenters. The summed E-state index contributed by atoms with van der Waals surface area (Å²) < 4.78 is 0. The Labute approximate surface area is 157 Å². The Balaban J connectivity index is 0.00000208. The number of nitrogens with one attached hydrogen (secondary N) is 2. The van der Waals surface area contributed by atoms with Crippen LogP contribution in [0, 0.1) is 5.92 Å². The molecule has 2 aliphatic rings. The van der Waals surface area contributed by atoms with E-state index in [0.29, 0.717) is 41.0 Å². The molecular formula is C16H20Cl3N3O2. The van der Waals surface area contributed by atoms with E-state index in [4.69, 9.17) is 23.2 Å². The van der Waals surface area contributed by atoms with Crippen molar-refractivity contribution < 1.29 is 9.59 Å². The Bertz CT molecular complexity index is 623. The van der Waals surface area contributed by atoms with Crippen LogP contribution >= 0.6 is 35.6 Å². The van der Waals surface area contributed by atoms with Crippen LogP contribution in [0.1, 0.15) is 23.2 Å². The molecule has 2 heterocycles. The first-order valence-electron chi connectivity index (χ1n) is 7.80. The van der Waals surface area contributed by atoms with Gasteiger partial charge in [0.25, 0.3) is 5.91 Å². The van der Waals surface area contributed by atoms with Gasteiger partial charge in [-0.05, 0) is 31.0 Å². The third-order valence-electron chi connectivity index (χ3n) is 4.41. The molecule has 1 atom stereocenters. The number of amides is 2. The summed E-state index contributed by atoms with van der Waals surface area (Å²) in [5, 5.41) is 6.94. The summed E-state index contributed by atoms with van der Waals surface area (Å²) in [6, 6.07) is 4.37. The van der Waals surface area contributed by atoms with Crippen LogP contribution in [0.5, 0.6) is 0 Å². The van der Waals surface area contributed by atoms with E-state index in [1.807, 2.05) is 0 Å². The molecule has 0 aliphatic carbocycles. The number of nitrogens with zero attached hydrogens (tertiary/aromatic N) is 1. The summed E-state index contributed by atoms with van der Waals surface area (Å²) in [5.41, 5.74) is 0.349. The topological polar surface area (TPSA) is 61.4 Å². The summed E-state index contributed by atoms with van der Waals surface area (Å²) in [6.07, 6.45) is 1.49. The molecule has 8 heteroatoms. The zero-order valence-corrected chi connectivity index (χ0v) is 15.4. The van der Waals surface area contributed by atoms with Gasteiger partial charge < -0.3 is 15.5 Å². The molecule has 2 N–H and O–H groups in total. The molecule has 3 rings (SSSR count). The highest BCUT2D eigenvalue weighted by molar-refractivity contribution is 6.35. The first-order valence-corrected chi connectivity index (χ1v) is 8.56. The number of benzene rings is 1. The highest BCUT2D eigenvalue weighted by Gasteiger charge is 2.35. The zero-order chi connectivity index (χ0) is 16.4. The summed E-state index contributed by atoms with van der Waals surface area (Å²) in [4.78, 5) is 26.7. The van der Waals surface area contributed by atoms with Crippen LogP contribution < -0.4 is 10.6 Å². The van der Waals surface area contributed by atoms with Crippen molar-refractivity contribution in [1.82, 2.24) is 15.5 Å². The first kappa shape index (κ1) is 19.3. The van der Waals surface area contributed by atoms with Crippen molar-refractivity contribution in [1.29, 1.82) is 0 Å². The number of carbonyl (C=O) groups is 2. The molecule has 2 amide bonds. The van der Waals surface area contributed by atoms with Crippen molar-refractivity contribution >= 4 is 47.4 Å². The minimum absolute atomic E-state index is 0. The van der Waals surface area contributed by atoms with E-state index in [9.17, 15) is 9.59 Å². The van der Waals surface area contributed by atoms with Gasteiger partial charge in [0.15, 0.2) is 0 Å². The lowest BCUT2D eigenvalue weighted by Gasteiger charge is -2.29. The fourth-order valence-electron chi connectivity index (χ4n) is 2.95. The Morgan fingerprint density at radius 2 is 2.04 bits per heavy atom. The maximum atomic E-state index is 12.7. The molecule has 2 aliphatic heterocycles. The number of hydrogen-bond acceptors (Lipinski definition) is 3. The second kappa shape index (κ2) is 8.39. The molecule has 132 valence electrons. The lowest BCUT2D eigenvalue weighted by Crippen LogP contribution is -2.51. The molecule has 5 nitrogen and oxygen atoms in total. The standard InChI is InChI=1S/C16H19Cl2N3O2.ClH/c17-11-3-4-13(18)12(6-11)16(23)21-5-1-2-14(21)15(22)20-9-10-7-19-8-10;/h3-4,6,10,14,19H,1-2,5,7-9H2,(H,20,22);1H. The highest BCUT2D eigenvalue weighted by atomic mass is 35.5. The van der Waals surface area contributed by atoms with E-state index < -0.39 is 6.04 Å². The van der Waals surface area contributed by atoms with Crippen LogP contribution in [0.15, 0.2) is 18.2 Å². The van der Waals surface area contributed by atoms with E-state index >= 15 is 0 Å². The van der Waals surface area contributed by atoms with Crippen LogP contribution in [-0.2, 0) is 4.79 Å². The molecular weight excluding hydrogens is 373 g/mol. The summed E-state index contributed by atoms with van der Waals surface area (Å²) in [6.45, 7) is 3.09. The zero-order valence-electron chi connectivity index (χ0n) is 13.1. The van der Waals surface area contributed by atoms with Gasteiger partial charge in [0.1, 0.15) is 6.04 Å². The van der Waals surface area contributed by atoms with Crippen molar-refractivity contribution in [2.45, 2.75) is 18.9 Å². The molecule has 0 spiro atoms. The average Bonchev–Trinajstić information content (AvgIpc) is 2.97. The second-order valence-electron chi connectivity index (χ2n) is 6.05. The molecule has 0 radical (unpaired) electrons. The van der Waals surface area contributed by atoms with Crippen LogP contribution in [0.3, 0.4) is 0 Å². The van der Waals surface area contributed by atoms with Gasteiger partial charge in [0, 0.05) is 37.1 Å². The van der Waals surface area contributed by atoms with E-state index in [1.165, 1.54) is 0 Å². The van der Waals surface area contributed by atoms with Crippen LogP contribution in [0.4, 0.5) is 0 Å². The van der Waals surface area contributed by atoms with Crippen LogP contribution in [-0.4, -0.2) is 48.9 Å². The van der Waals surface area contributed by atoms with Crippen molar-refractivity contribution in [3.8, 4) is 0 Å². The van der Waals surface area contributed by atoms with E-state index in [2.05, 4.69) is 10.6 Å². The Morgan fingerprint density at radius 3 is 2.71 bits per heavy atom. The molecule has 24 heavy (non-hydrogen) atoms. The lowest BCUT2D eigenvalue weighted by molar-refractivity contribution is -0.125. The van der Waals surface area contributed by atoms with Gasteiger partial charge in [-0.15, -0.1) is 12.4 Å². The number of likely N-dealkylation sites (tertiary alicyclic amines) is 1. The van der Waals surface area contributed by atoms with Crippen molar-refractivity contribution in [3.63, 3.8) is 0 Å². The molecule has 0 aromatic heterocycles. The minimum atomic E-state index is -0.425. The normalized spacial score (nSPS) is 20.2. The fourth-order valence-corrected chi connectivity index (χ4v) is 3.32. The van der Waals surface area contributed by atoms with Crippen LogP contribution in [0.25, 0.3) is 0 Å². The van der Waals surface area contributed by atoms with Gasteiger partial charge in [-0.2, -0.15) is 0 Å². The van der Waals surface area contributed by atoms with Gasteiger partial charge in [0.05, 0.1) is 10.6 Å². The predicted octanol–water partition coefficient (Wildman–Crippen LogP) is 2.36. The van der Waals surface area contributed by atoms with Crippen LogP contribution in [0.2, 0.25) is 10.0 Å². The molecule has 1 aromatic rings. The Morgan fingerprint density at radius 1 is 1.29 bits per heavy atom. The molecule has 2 saturated heterocycles. The van der Waals surface area contributed by atoms with E-state index in [-0.39, 0.29) is 24.2 Å². The summed E-state index contributed by atoms with van der Waals surface area (Å²) in [5.74, 6) is 0.174. The predicted molar refractivity (Wildman–Crippen MR) is 97.1 cm³/mol. The third-order valence-corrected chi connectivity index (χ3v) is 4.97. The van der Waals surface area contributed by atoms with Gasteiger partial charge in [-0.25, -0.2) is 0 Å². The van der Waals surface area contributed by atoms with Gasteiger partial charge in [0.2, 0.25) is 5.91 Å². The average molecular weight is 393 g/mol. The van der Waals surface area contributed by atoms with E-state index in [0.717, 1.165) is 19.5 Å². The van der Waals surface area contributed by atoms with Gasteiger partial charge >= 0.3 is 0 Å². The van der Waals surface area contributed by atoms with Crippen molar-refractivity contribution in [2.75, 3.05) is 26.2 Å². The molecule has 0 bridgehead atoms. The number of rotatable bonds is 4. The second-order valence-corrected chi connectivity index (χ2v) is 6.89. The lowest BCUT2D eigenvalue weighted by atomic mass is 10.0. The molecule has 1 aromatic carbocycles. The quantitative estimate of drug-likeness (QED) is 0.827. The highest BCUT2D eigenvalue weighted by Crippen LogP contribution is 2.26. The Kier molecular flexibility index (Phi) is 6.75. The molecule has 0 saturated carbocycles. The fraction of sp³-hybridized carbons (Fsp3) is 0.500. The van der Waals surface area contributed by atoms with Crippen molar-refractivity contribution in [3.05, 3.63) is 33.8 Å². The number of carbonyl (C=O) groups excluding carboxylic acids is 2. The minimum Gasteiger partial charge on any atom is -0.354 e. The first-order chi connectivity index (χ1) is 11.1. The van der Waals surface area contributed by atoms with Crippen molar-refractivity contribution in [2.24, 2.45) is 5.92 Å². The monoisotopic (exact) mass is 391 g/mol. The Hall–Kier alpha value is -1.01. The third kappa shape index (κ3) is 4.14. The van der Waals surface area contributed by atoms with Gasteiger partial charge in [-0.1, -0.05) is 23.2 Å². The summed E-state index contributed by atoms with van der Waals surface area (Å²) >= 11 is 12.1. The summed E-state index contributed by atoms with van der Waals surface area (Å²) in [7, 11) is 0. The maximum Gasteiger partial charge on any atom is 0.256 e.